The molecule has 4 atom stereocenters. The molecule has 0 aliphatic heterocycles. The van der Waals surface area contributed by atoms with Gasteiger partial charge in [-0.1, -0.05) is 36.8 Å². The van der Waals surface area contributed by atoms with Crippen molar-refractivity contribution in [3.8, 4) is 5.75 Å². The summed E-state index contributed by atoms with van der Waals surface area (Å²) >= 11 is 0. The molecule has 0 aromatic heterocycles. The van der Waals surface area contributed by atoms with Crippen molar-refractivity contribution in [1.82, 2.24) is 0 Å². The van der Waals surface area contributed by atoms with Crippen molar-refractivity contribution in [3.63, 3.8) is 0 Å². The van der Waals surface area contributed by atoms with Crippen LogP contribution < -0.4 is 0 Å². The van der Waals surface area contributed by atoms with Gasteiger partial charge in [0.2, 0.25) is 0 Å². The highest BCUT2D eigenvalue weighted by Crippen LogP contribution is 2.62. The minimum Gasteiger partial charge on any atom is -0.508 e. The maximum atomic E-state index is 9.70. The van der Waals surface area contributed by atoms with E-state index >= 15 is 0 Å². The Morgan fingerprint density at radius 1 is 1.29 bits per heavy atom. The van der Waals surface area contributed by atoms with Crippen LogP contribution in [0.3, 0.4) is 0 Å². The summed E-state index contributed by atoms with van der Waals surface area (Å²) in [4.78, 5) is 0. The summed E-state index contributed by atoms with van der Waals surface area (Å²) in [5, 5.41) is 9.70. The van der Waals surface area contributed by atoms with E-state index in [9.17, 15) is 5.11 Å². The maximum absolute atomic E-state index is 9.70. The summed E-state index contributed by atoms with van der Waals surface area (Å²) in [5.74, 6) is 2.51. The number of allylic oxidation sites excluding steroid dienone is 3. The van der Waals surface area contributed by atoms with Gasteiger partial charge >= 0.3 is 0 Å². The minimum atomic E-state index is 0.384. The largest absolute Gasteiger partial charge is 0.508 e. The van der Waals surface area contributed by atoms with Crippen LogP contribution in [0.1, 0.15) is 56.6 Å². The quantitative estimate of drug-likeness (QED) is 0.641. The van der Waals surface area contributed by atoms with Gasteiger partial charge in [-0.2, -0.15) is 0 Å². The lowest BCUT2D eigenvalue weighted by Crippen LogP contribution is -2.38. The minimum absolute atomic E-state index is 0.384. The molecule has 3 aliphatic rings. The van der Waals surface area contributed by atoms with Crippen molar-refractivity contribution in [2.75, 3.05) is 0 Å². The number of hydrogen-bond donors (Lipinski definition) is 1. The average Bonchev–Trinajstić information content (AvgIpc) is 2.83. The number of benzene rings is 1. The first-order valence-corrected chi connectivity index (χ1v) is 8.30. The van der Waals surface area contributed by atoms with Gasteiger partial charge in [-0.05, 0) is 79.0 Å². The molecule has 0 amide bonds. The van der Waals surface area contributed by atoms with Crippen molar-refractivity contribution in [2.45, 2.75) is 45.4 Å². The zero-order valence-electron chi connectivity index (χ0n) is 13.0. The lowest BCUT2D eigenvalue weighted by Gasteiger charge is -2.47. The Morgan fingerprint density at radius 2 is 2.14 bits per heavy atom. The van der Waals surface area contributed by atoms with Crippen LogP contribution in [0.2, 0.25) is 0 Å². The molecule has 3 aliphatic carbocycles. The second-order valence-corrected chi connectivity index (χ2v) is 7.27. The maximum Gasteiger partial charge on any atom is 0.116 e. The Bertz CT molecular complexity index is 639. The van der Waals surface area contributed by atoms with Crippen molar-refractivity contribution < 1.29 is 5.11 Å². The molecule has 0 spiro atoms. The van der Waals surface area contributed by atoms with E-state index in [1.807, 2.05) is 12.1 Å². The lowest BCUT2D eigenvalue weighted by atomic mass is 9.56. The summed E-state index contributed by atoms with van der Waals surface area (Å²) in [6.07, 6.45) is 12.3. The van der Waals surface area contributed by atoms with E-state index in [1.165, 1.54) is 36.8 Å². The molecular formula is C20H24O. The Kier molecular flexibility index (Phi) is 2.82. The van der Waals surface area contributed by atoms with Gasteiger partial charge in [-0.3, -0.25) is 0 Å². The molecule has 1 aromatic rings. The van der Waals surface area contributed by atoms with E-state index in [0.29, 0.717) is 23.0 Å². The monoisotopic (exact) mass is 280 g/mol. The van der Waals surface area contributed by atoms with Gasteiger partial charge < -0.3 is 5.11 Å². The van der Waals surface area contributed by atoms with Gasteiger partial charge in [-0.25, -0.2) is 0 Å². The fraction of sp³-hybridized carbons (Fsp3) is 0.500. The Labute approximate surface area is 127 Å². The van der Waals surface area contributed by atoms with E-state index in [1.54, 1.807) is 5.57 Å². The number of rotatable bonds is 0. The van der Waals surface area contributed by atoms with Crippen molar-refractivity contribution in [1.29, 1.82) is 0 Å². The first-order chi connectivity index (χ1) is 10.1. The number of phenols is 1. The van der Waals surface area contributed by atoms with Gasteiger partial charge in [0.05, 0.1) is 0 Å². The molecule has 2 fully saturated rings. The number of hydrogen-bond acceptors (Lipinski definition) is 1. The highest BCUT2D eigenvalue weighted by molar-refractivity contribution is 5.61. The van der Waals surface area contributed by atoms with Crippen LogP contribution in [0.4, 0.5) is 0 Å². The molecule has 3 unspecified atom stereocenters. The number of fused-ring (bicyclic) bond motifs is 5. The van der Waals surface area contributed by atoms with Crippen LogP contribution in [0.15, 0.2) is 35.9 Å². The fourth-order valence-corrected chi connectivity index (χ4v) is 5.41. The molecule has 1 heteroatoms. The molecule has 21 heavy (non-hydrogen) atoms. The molecule has 0 bridgehead atoms. The topological polar surface area (TPSA) is 20.2 Å². The van der Waals surface area contributed by atoms with Crippen molar-refractivity contribution in [2.24, 2.45) is 17.3 Å². The third kappa shape index (κ3) is 1.76. The smallest absolute Gasteiger partial charge is 0.116 e. The SMILES string of the molecule is C/C=C1/CCC2C3C=Cc4cc(O)ccc4C3CC[C@]12C. The van der Waals surface area contributed by atoms with Crippen LogP contribution >= 0.6 is 0 Å². The normalized spacial score (nSPS) is 39.0. The van der Waals surface area contributed by atoms with E-state index in [0.717, 1.165) is 5.92 Å². The average molecular weight is 280 g/mol. The van der Waals surface area contributed by atoms with Crippen LogP contribution in [0, 0.1) is 17.3 Å². The predicted molar refractivity (Wildman–Crippen MR) is 87.2 cm³/mol. The molecule has 1 N–H and O–H groups in total. The van der Waals surface area contributed by atoms with Crippen LogP contribution in [-0.4, -0.2) is 5.11 Å². The first kappa shape index (κ1) is 13.2. The van der Waals surface area contributed by atoms with Gasteiger partial charge in [0.15, 0.2) is 0 Å². The first-order valence-electron chi connectivity index (χ1n) is 8.30. The van der Waals surface area contributed by atoms with E-state index in [-0.39, 0.29) is 0 Å². The molecule has 2 saturated carbocycles. The Hall–Kier alpha value is -1.50. The molecule has 0 radical (unpaired) electrons. The fourth-order valence-electron chi connectivity index (χ4n) is 5.41. The van der Waals surface area contributed by atoms with E-state index in [4.69, 9.17) is 0 Å². The standard InChI is InChI=1S/C20H24O/c1-3-14-5-9-19-18-7-4-13-12-15(21)6-8-16(13)17(18)10-11-20(14,19)2/h3-4,6-8,12,17-19,21H,5,9-11H2,1-2H3/b14-3-/t17?,18?,19?,20-/m1/s1. The van der Waals surface area contributed by atoms with Gasteiger partial charge in [0.1, 0.15) is 5.75 Å². The second kappa shape index (κ2) is 4.50. The van der Waals surface area contributed by atoms with E-state index < -0.39 is 0 Å². The van der Waals surface area contributed by atoms with Crippen LogP contribution in [0.5, 0.6) is 5.75 Å². The Balaban J connectivity index is 1.75. The van der Waals surface area contributed by atoms with Crippen LogP contribution in [-0.2, 0) is 0 Å². The zero-order valence-corrected chi connectivity index (χ0v) is 13.0. The highest BCUT2D eigenvalue weighted by Gasteiger charge is 2.51. The molecule has 0 saturated heterocycles. The summed E-state index contributed by atoms with van der Waals surface area (Å²) in [6, 6.07) is 5.93. The van der Waals surface area contributed by atoms with Gasteiger partial charge in [0, 0.05) is 0 Å². The predicted octanol–water partition coefficient (Wildman–Crippen LogP) is 5.28. The van der Waals surface area contributed by atoms with Crippen molar-refractivity contribution >= 4 is 6.08 Å². The Morgan fingerprint density at radius 3 is 2.95 bits per heavy atom. The molecule has 1 aromatic carbocycles. The van der Waals surface area contributed by atoms with Gasteiger partial charge in [0.25, 0.3) is 0 Å². The number of phenolic OH excluding ortho intramolecular Hbond substituents is 1. The molecular weight excluding hydrogens is 256 g/mol. The highest BCUT2D eigenvalue weighted by atomic mass is 16.3. The van der Waals surface area contributed by atoms with Crippen LogP contribution in [0.25, 0.3) is 6.08 Å². The lowest BCUT2D eigenvalue weighted by molar-refractivity contribution is 0.121. The molecule has 110 valence electrons. The zero-order chi connectivity index (χ0) is 14.6. The summed E-state index contributed by atoms with van der Waals surface area (Å²) in [5.41, 5.74) is 4.80. The summed E-state index contributed by atoms with van der Waals surface area (Å²) in [6.45, 7) is 4.71. The third-order valence-corrected chi connectivity index (χ3v) is 6.50. The molecule has 0 heterocycles. The van der Waals surface area contributed by atoms with E-state index in [2.05, 4.69) is 38.1 Å². The molecule has 1 nitrogen and oxygen atoms in total. The molecule has 4 rings (SSSR count). The summed E-state index contributed by atoms with van der Waals surface area (Å²) in [7, 11) is 0. The second-order valence-electron chi connectivity index (χ2n) is 7.27. The summed E-state index contributed by atoms with van der Waals surface area (Å²) < 4.78 is 0. The van der Waals surface area contributed by atoms with Gasteiger partial charge in [-0.15, -0.1) is 0 Å². The third-order valence-electron chi connectivity index (χ3n) is 6.50. The van der Waals surface area contributed by atoms with Crippen molar-refractivity contribution in [3.05, 3.63) is 47.1 Å². The number of aromatic hydroxyl groups is 1.